The van der Waals surface area contributed by atoms with Crippen molar-refractivity contribution in [1.29, 1.82) is 5.26 Å². The van der Waals surface area contributed by atoms with E-state index in [1.807, 2.05) is 19.9 Å². The highest BCUT2D eigenvalue weighted by atomic mass is 16.4. The van der Waals surface area contributed by atoms with E-state index < -0.39 is 5.97 Å². The minimum absolute atomic E-state index is 0.0373. The van der Waals surface area contributed by atoms with E-state index in [1.165, 1.54) is 6.07 Å². The van der Waals surface area contributed by atoms with Crippen LogP contribution in [-0.4, -0.2) is 37.4 Å². The van der Waals surface area contributed by atoms with Gasteiger partial charge >= 0.3 is 5.97 Å². The van der Waals surface area contributed by atoms with Gasteiger partial charge in [0.2, 0.25) is 0 Å². The molecule has 0 aliphatic rings. The summed E-state index contributed by atoms with van der Waals surface area (Å²) < 4.78 is 1.09. The summed E-state index contributed by atoms with van der Waals surface area (Å²) in [6, 6.07) is 3.43. The lowest BCUT2D eigenvalue weighted by molar-refractivity contribution is 0.0698. The van der Waals surface area contributed by atoms with Gasteiger partial charge in [0.15, 0.2) is 0 Å². The highest BCUT2D eigenvalue weighted by Gasteiger charge is 2.17. The van der Waals surface area contributed by atoms with E-state index in [4.69, 9.17) is 16.1 Å². The second-order valence-electron chi connectivity index (χ2n) is 4.99. The summed E-state index contributed by atoms with van der Waals surface area (Å²) in [5, 5.41) is 25.0. The number of nitrogens with one attached hydrogen (secondary N) is 1. The van der Waals surface area contributed by atoms with Gasteiger partial charge in [0.25, 0.3) is 5.95 Å². The van der Waals surface area contributed by atoms with Crippen LogP contribution in [-0.2, 0) is 0 Å². The van der Waals surface area contributed by atoms with Crippen molar-refractivity contribution < 1.29 is 9.90 Å². The molecule has 2 aromatic rings. The molecular weight excluding hydrogens is 286 g/mol. The van der Waals surface area contributed by atoms with E-state index in [9.17, 15) is 4.79 Å². The van der Waals surface area contributed by atoms with Gasteiger partial charge in [-0.3, -0.25) is 0 Å². The summed E-state index contributed by atoms with van der Waals surface area (Å²) in [6.45, 7) is 4.73. The minimum Gasteiger partial charge on any atom is -0.477 e. The first-order valence-electron chi connectivity index (χ1n) is 6.52. The zero-order valence-corrected chi connectivity index (χ0v) is 12.1. The second kappa shape index (κ2) is 6.09. The number of carbonyl (C=O) groups is 1. The maximum absolute atomic E-state index is 11.0. The molecule has 0 fully saturated rings. The molecule has 22 heavy (non-hydrogen) atoms. The monoisotopic (exact) mass is 301 g/mol. The van der Waals surface area contributed by atoms with E-state index in [-0.39, 0.29) is 23.0 Å². The highest BCUT2D eigenvalue weighted by molar-refractivity contribution is 5.92. The Morgan fingerprint density at radius 2 is 2.27 bits per heavy atom. The Labute approximate surface area is 126 Å². The maximum Gasteiger partial charge on any atom is 0.341 e. The van der Waals surface area contributed by atoms with Gasteiger partial charge in [-0.05, 0) is 5.92 Å². The number of nitrogen functional groups attached to an aromatic ring is 1. The Morgan fingerprint density at radius 1 is 1.55 bits per heavy atom. The number of hydrogen-bond donors (Lipinski definition) is 3. The number of anilines is 2. The van der Waals surface area contributed by atoms with Gasteiger partial charge in [-0.2, -0.15) is 25.0 Å². The molecule has 114 valence electrons. The summed E-state index contributed by atoms with van der Waals surface area (Å²) in [6.07, 6.45) is 1.11. The molecule has 2 heterocycles. The number of nitriles is 1. The molecule has 0 aliphatic heterocycles. The van der Waals surface area contributed by atoms with Crippen LogP contribution in [0.25, 0.3) is 5.95 Å². The van der Waals surface area contributed by atoms with Crippen LogP contribution in [0.15, 0.2) is 12.3 Å². The zero-order valence-electron chi connectivity index (χ0n) is 12.1. The van der Waals surface area contributed by atoms with Crippen molar-refractivity contribution in [2.45, 2.75) is 13.8 Å². The Balaban J connectivity index is 2.44. The maximum atomic E-state index is 11.0. The van der Waals surface area contributed by atoms with Crippen molar-refractivity contribution in [3.63, 3.8) is 0 Å². The molecule has 0 saturated heterocycles. The molecule has 4 N–H and O–H groups in total. The minimum atomic E-state index is -1.20. The van der Waals surface area contributed by atoms with Gasteiger partial charge in [0, 0.05) is 12.6 Å². The first kappa shape index (κ1) is 15.2. The third-order valence-electron chi connectivity index (χ3n) is 2.75. The van der Waals surface area contributed by atoms with Crippen LogP contribution in [0.1, 0.15) is 29.9 Å². The number of carboxylic acids is 1. The Kier molecular flexibility index (Phi) is 4.22. The summed E-state index contributed by atoms with van der Waals surface area (Å²) in [7, 11) is 0. The lowest BCUT2D eigenvalue weighted by atomic mass is 10.2. The third-order valence-corrected chi connectivity index (χ3v) is 2.75. The van der Waals surface area contributed by atoms with Crippen LogP contribution in [0.4, 0.5) is 11.6 Å². The summed E-state index contributed by atoms with van der Waals surface area (Å²) in [4.78, 5) is 19.2. The molecule has 9 nitrogen and oxygen atoms in total. The molecule has 0 spiro atoms. The topological polar surface area (TPSA) is 143 Å². The first-order valence-corrected chi connectivity index (χ1v) is 6.52. The molecule has 2 rings (SSSR count). The summed E-state index contributed by atoms with van der Waals surface area (Å²) >= 11 is 0. The third kappa shape index (κ3) is 3.12. The van der Waals surface area contributed by atoms with Crippen LogP contribution in [0, 0.1) is 17.2 Å². The normalized spacial score (nSPS) is 10.5. The number of nitrogens with zero attached hydrogens (tertiary/aromatic N) is 5. The van der Waals surface area contributed by atoms with Gasteiger partial charge in [-0.15, -0.1) is 0 Å². The molecular formula is C13H15N7O2. The standard InChI is InChI=1S/C13H15N7O2/c1-7(2)5-16-10-3-8(4-14)18-13(19-10)20-11(15)9(6-17-20)12(21)22/h3,6-7H,5,15H2,1-2H3,(H,21,22)(H,16,18,19). The summed E-state index contributed by atoms with van der Waals surface area (Å²) in [5.74, 6) is -0.426. The number of rotatable bonds is 5. The number of aromatic nitrogens is 4. The average Bonchev–Trinajstić information content (AvgIpc) is 2.86. The predicted octanol–water partition coefficient (Wildman–Crippen LogP) is 0.882. The van der Waals surface area contributed by atoms with Crippen molar-refractivity contribution in [2.24, 2.45) is 5.92 Å². The smallest absolute Gasteiger partial charge is 0.341 e. The number of nitrogens with two attached hydrogens (primary N) is 1. The lowest BCUT2D eigenvalue weighted by Gasteiger charge is -2.10. The molecule has 0 atom stereocenters. The molecule has 0 bridgehead atoms. The Hall–Kier alpha value is -3.15. The van der Waals surface area contributed by atoms with Crippen molar-refractivity contribution in [1.82, 2.24) is 19.7 Å². The van der Waals surface area contributed by atoms with Crippen LogP contribution in [0.2, 0.25) is 0 Å². The molecule has 2 aromatic heterocycles. The van der Waals surface area contributed by atoms with E-state index in [2.05, 4.69) is 20.4 Å². The average molecular weight is 301 g/mol. The quantitative estimate of drug-likeness (QED) is 0.738. The van der Waals surface area contributed by atoms with E-state index in [0.717, 1.165) is 10.9 Å². The molecule has 0 saturated carbocycles. The van der Waals surface area contributed by atoms with Crippen molar-refractivity contribution in [2.75, 3.05) is 17.6 Å². The molecule has 0 unspecified atom stereocenters. The first-order chi connectivity index (χ1) is 10.4. The van der Waals surface area contributed by atoms with Crippen LogP contribution < -0.4 is 11.1 Å². The summed E-state index contributed by atoms with van der Waals surface area (Å²) in [5.41, 5.74) is 5.71. The van der Waals surface area contributed by atoms with E-state index in [0.29, 0.717) is 18.3 Å². The SMILES string of the molecule is CC(C)CNc1cc(C#N)nc(-n2ncc(C(=O)O)c2N)n1. The van der Waals surface area contributed by atoms with Gasteiger partial charge in [0.05, 0.1) is 6.20 Å². The van der Waals surface area contributed by atoms with Crippen molar-refractivity contribution in [3.8, 4) is 12.0 Å². The van der Waals surface area contributed by atoms with Crippen molar-refractivity contribution in [3.05, 3.63) is 23.5 Å². The van der Waals surface area contributed by atoms with Crippen molar-refractivity contribution >= 4 is 17.6 Å². The lowest BCUT2D eigenvalue weighted by Crippen LogP contribution is -2.13. The van der Waals surface area contributed by atoms with E-state index >= 15 is 0 Å². The Morgan fingerprint density at radius 3 is 2.82 bits per heavy atom. The second-order valence-corrected chi connectivity index (χ2v) is 4.99. The largest absolute Gasteiger partial charge is 0.477 e. The van der Waals surface area contributed by atoms with Gasteiger partial charge < -0.3 is 16.2 Å². The van der Waals surface area contributed by atoms with Crippen LogP contribution in [0.5, 0.6) is 0 Å². The zero-order chi connectivity index (χ0) is 16.3. The molecule has 0 amide bonds. The fraction of sp³-hybridized carbons (Fsp3) is 0.308. The van der Waals surface area contributed by atoms with Crippen LogP contribution >= 0.6 is 0 Å². The predicted molar refractivity (Wildman–Crippen MR) is 78.6 cm³/mol. The van der Waals surface area contributed by atoms with Gasteiger partial charge in [-0.1, -0.05) is 13.8 Å². The Bertz CT molecular complexity index is 745. The molecule has 0 aliphatic carbocycles. The van der Waals surface area contributed by atoms with Gasteiger partial charge in [-0.25, -0.2) is 4.79 Å². The fourth-order valence-electron chi connectivity index (χ4n) is 1.67. The van der Waals surface area contributed by atoms with Crippen LogP contribution in [0.3, 0.4) is 0 Å². The number of hydrogen-bond acceptors (Lipinski definition) is 7. The fourth-order valence-corrected chi connectivity index (χ4v) is 1.67. The van der Waals surface area contributed by atoms with E-state index in [1.54, 1.807) is 0 Å². The molecule has 0 aromatic carbocycles. The number of carboxylic acid groups (broad SMARTS) is 1. The molecule has 9 heteroatoms. The number of aromatic carboxylic acids is 1. The highest BCUT2D eigenvalue weighted by Crippen LogP contribution is 2.16. The molecule has 0 radical (unpaired) electrons. The van der Waals surface area contributed by atoms with Gasteiger partial charge in [0.1, 0.15) is 29.0 Å².